The Hall–Kier alpha value is -1.62. The number of amides is 1. The molecule has 1 amide bonds. The highest BCUT2D eigenvalue weighted by molar-refractivity contribution is 5.99. The van der Waals surface area contributed by atoms with Gasteiger partial charge >= 0.3 is 0 Å². The van der Waals surface area contributed by atoms with Gasteiger partial charge in [-0.25, -0.2) is 0 Å². The SMILES string of the molecule is CCCNc1cc(C)ncc1C(=O)NCC1(OC)CCC1. The predicted molar refractivity (Wildman–Crippen MR) is 83.7 cm³/mol. The number of hydrogen-bond acceptors (Lipinski definition) is 4. The minimum absolute atomic E-state index is 0.0931. The minimum atomic E-state index is -0.162. The normalized spacial score (nSPS) is 16.1. The molecular formula is C16H25N3O2. The Kier molecular flexibility index (Phi) is 5.17. The molecule has 5 nitrogen and oxygen atoms in total. The number of ether oxygens (including phenoxy) is 1. The number of methoxy groups -OCH3 is 1. The Morgan fingerprint density at radius 1 is 1.48 bits per heavy atom. The van der Waals surface area contributed by atoms with Crippen LogP contribution >= 0.6 is 0 Å². The quantitative estimate of drug-likeness (QED) is 0.810. The first-order valence-electron chi connectivity index (χ1n) is 7.64. The summed E-state index contributed by atoms with van der Waals surface area (Å²) < 4.78 is 5.53. The summed E-state index contributed by atoms with van der Waals surface area (Å²) in [6.45, 7) is 5.42. The van der Waals surface area contributed by atoms with Crippen LogP contribution < -0.4 is 10.6 Å². The summed E-state index contributed by atoms with van der Waals surface area (Å²) in [6, 6.07) is 1.92. The van der Waals surface area contributed by atoms with Gasteiger partial charge in [0.05, 0.1) is 16.9 Å². The van der Waals surface area contributed by atoms with Gasteiger partial charge in [0, 0.05) is 32.1 Å². The maximum absolute atomic E-state index is 12.4. The monoisotopic (exact) mass is 291 g/mol. The first-order chi connectivity index (χ1) is 10.1. The lowest BCUT2D eigenvalue weighted by molar-refractivity contribution is -0.0679. The Morgan fingerprint density at radius 3 is 2.81 bits per heavy atom. The van der Waals surface area contributed by atoms with Crippen molar-refractivity contribution in [3.63, 3.8) is 0 Å². The molecule has 2 rings (SSSR count). The fraction of sp³-hybridized carbons (Fsp3) is 0.625. The molecule has 21 heavy (non-hydrogen) atoms. The third-order valence-electron chi connectivity index (χ3n) is 4.12. The van der Waals surface area contributed by atoms with Gasteiger partial charge in [-0.2, -0.15) is 0 Å². The van der Waals surface area contributed by atoms with Crippen LogP contribution in [-0.4, -0.2) is 36.7 Å². The van der Waals surface area contributed by atoms with Gasteiger partial charge in [-0.3, -0.25) is 9.78 Å². The van der Waals surface area contributed by atoms with Crippen molar-refractivity contribution < 1.29 is 9.53 Å². The standard InChI is InChI=1S/C16H25N3O2/c1-4-8-17-14-9-12(2)18-10-13(14)15(20)19-11-16(21-3)6-5-7-16/h9-10H,4-8,11H2,1-3H3,(H,17,18)(H,19,20). The highest BCUT2D eigenvalue weighted by atomic mass is 16.5. The van der Waals surface area contributed by atoms with Crippen LogP contribution in [0.5, 0.6) is 0 Å². The maximum atomic E-state index is 12.4. The van der Waals surface area contributed by atoms with Gasteiger partial charge < -0.3 is 15.4 Å². The highest BCUT2D eigenvalue weighted by Gasteiger charge is 2.37. The topological polar surface area (TPSA) is 63.2 Å². The molecule has 1 aromatic rings. The van der Waals surface area contributed by atoms with E-state index in [4.69, 9.17) is 4.74 Å². The number of nitrogens with one attached hydrogen (secondary N) is 2. The van der Waals surface area contributed by atoms with E-state index in [-0.39, 0.29) is 11.5 Å². The van der Waals surface area contributed by atoms with Crippen LogP contribution in [0.4, 0.5) is 5.69 Å². The Morgan fingerprint density at radius 2 is 2.24 bits per heavy atom. The third-order valence-corrected chi connectivity index (χ3v) is 4.12. The summed E-state index contributed by atoms with van der Waals surface area (Å²) in [4.78, 5) is 16.6. The smallest absolute Gasteiger partial charge is 0.255 e. The molecule has 1 fully saturated rings. The number of aromatic nitrogens is 1. The van der Waals surface area contributed by atoms with Crippen LogP contribution in [-0.2, 0) is 4.74 Å². The van der Waals surface area contributed by atoms with Crippen LogP contribution in [0.25, 0.3) is 0 Å². The number of carbonyl (C=O) groups is 1. The van der Waals surface area contributed by atoms with Crippen molar-refractivity contribution in [1.82, 2.24) is 10.3 Å². The lowest BCUT2D eigenvalue weighted by Gasteiger charge is -2.40. The van der Waals surface area contributed by atoms with Crippen LogP contribution in [0, 0.1) is 6.92 Å². The lowest BCUT2D eigenvalue weighted by Crippen LogP contribution is -2.49. The lowest BCUT2D eigenvalue weighted by atomic mass is 9.80. The van der Waals surface area contributed by atoms with Crippen molar-refractivity contribution in [2.45, 2.75) is 45.1 Å². The first kappa shape index (κ1) is 15.8. The number of rotatable bonds is 7. The molecule has 1 heterocycles. The maximum Gasteiger partial charge on any atom is 0.255 e. The van der Waals surface area contributed by atoms with E-state index in [9.17, 15) is 4.79 Å². The predicted octanol–water partition coefficient (Wildman–Crippen LogP) is 2.51. The van der Waals surface area contributed by atoms with Crippen LogP contribution in [0.15, 0.2) is 12.3 Å². The molecule has 0 saturated heterocycles. The van der Waals surface area contributed by atoms with E-state index in [0.29, 0.717) is 12.1 Å². The van der Waals surface area contributed by atoms with Crippen LogP contribution in [0.2, 0.25) is 0 Å². The van der Waals surface area contributed by atoms with Crippen LogP contribution in [0.1, 0.15) is 48.7 Å². The summed E-state index contributed by atoms with van der Waals surface area (Å²) >= 11 is 0. The van der Waals surface area contributed by atoms with Gasteiger partial charge in [-0.15, -0.1) is 0 Å². The molecule has 1 saturated carbocycles. The third kappa shape index (κ3) is 3.73. The van der Waals surface area contributed by atoms with Gasteiger partial charge in [0.2, 0.25) is 0 Å². The molecule has 0 aromatic carbocycles. The van der Waals surface area contributed by atoms with Crippen molar-refractivity contribution in [1.29, 1.82) is 0 Å². The second-order valence-corrected chi connectivity index (χ2v) is 5.72. The average Bonchev–Trinajstić information content (AvgIpc) is 2.44. The molecule has 0 bridgehead atoms. The second kappa shape index (κ2) is 6.89. The summed E-state index contributed by atoms with van der Waals surface area (Å²) in [6.07, 6.45) is 5.84. The van der Waals surface area contributed by atoms with Crippen LogP contribution in [0.3, 0.4) is 0 Å². The molecule has 0 aliphatic heterocycles. The fourth-order valence-corrected chi connectivity index (χ4v) is 2.51. The minimum Gasteiger partial charge on any atom is -0.384 e. The highest BCUT2D eigenvalue weighted by Crippen LogP contribution is 2.34. The Balaban J connectivity index is 2.04. The van der Waals surface area contributed by atoms with Crippen molar-refractivity contribution >= 4 is 11.6 Å². The van der Waals surface area contributed by atoms with Gasteiger partial charge in [0.25, 0.3) is 5.91 Å². The van der Waals surface area contributed by atoms with Crippen molar-refractivity contribution in [2.75, 3.05) is 25.5 Å². The number of aryl methyl sites for hydroxylation is 1. The zero-order chi connectivity index (χ0) is 15.3. The number of hydrogen-bond donors (Lipinski definition) is 2. The van der Waals surface area contributed by atoms with E-state index in [1.807, 2.05) is 13.0 Å². The summed E-state index contributed by atoms with van der Waals surface area (Å²) in [5.41, 5.74) is 2.18. The van der Waals surface area contributed by atoms with E-state index >= 15 is 0 Å². The molecule has 0 radical (unpaired) electrons. The molecule has 1 aliphatic rings. The summed E-state index contributed by atoms with van der Waals surface area (Å²) in [5, 5.41) is 6.28. The fourth-order valence-electron chi connectivity index (χ4n) is 2.51. The van der Waals surface area contributed by atoms with Gasteiger partial charge in [-0.05, 0) is 38.7 Å². The largest absolute Gasteiger partial charge is 0.384 e. The Bertz CT molecular complexity index is 493. The van der Waals surface area contributed by atoms with Gasteiger partial charge in [0.1, 0.15) is 0 Å². The van der Waals surface area contributed by atoms with E-state index < -0.39 is 0 Å². The van der Waals surface area contributed by atoms with Crippen molar-refractivity contribution in [2.24, 2.45) is 0 Å². The van der Waals surface area contributed by atoms with E-state index in [1.165, 1.54) is 6.42 Å². The van der Waals surface area contributed by atoms with Gasteiger partial charge in [-0.1, -0.05) is 6.92 Å². The summed E-state index contributed by atoms with van der Waals surface area (Å²) in [5.74, 6) is -0.0931. The molecular weight excluding hydrogens is 266 g/mol. The van der Waals surface area contributed by atoms with E-state index in [2.05, 4.69) is 22.5 Å². The molecule has 1 aliphatic carbocycles. The van der Waals surface area contributed by atoms with E-state index in [1.54, 1.807) is 13.3 Å². The molecule has 116 valence electrons. The molecule has 0 unspecified atom stereocenters. The molecule has 2 N–H and O–H groups in total. The zero-order valence-electron chi connectivity index (χ0n) is 13.2. The molecule has 5 heteroatoms. The molecule has 0 spiro atoms. The van der Waals surface area contributed by atoms with Gasteiger partial charge in [0.15, 0.2) is 0 Å². The number of anilines is 1. The number of carbonyl (C=O) groups excluding carboxylic acids is 1. The number of pyridine rings is 1. The van der Waals surface area contributed by atoms with Crippen molar-refractivity contribution in [3.8, 4) is 0 Å². The zero-order valence-corrected chi connectivity index (χ0v) is 13.2. The van der Waals surface area contributed by atoms with Crippen molar-refractivity contribution in [3.05, 3.63) is 23.5 Å². The second-order valence-electron chi connectivity index (χ2n) is 5.72. The molecule has 1 aromatic heterocycles. The Labute approximate surface area is 126 Å². The number of nitrogens with zero attached hydrogens (tertiary/aromatic N) is 1. The average molecular weight is 291 g/mol. The molecule has 0 atom stereocenters. The summed E-state index contributed by atoms with van der Waals surface area (Å²) in [7, 11) is 1.72. The van der Waals surface area contributed by atoms with E-state index in [0.717, 1.165) is 37.2 Å². The first-order valence-corrected chi connectivity index (χ1v) is 7.64.